The summed E-state index contributed by atoms with van der Waals surface area (Å²) in [6, 6.07) is 6.03. The normalized spacial score (nSPS) is 19.2. The first kappa shape index (κ1) is 16.1. The Morgan fingerprint density at radius 2 is 2.24 bits per heavy atom. The molecular weight excluding hydrogens is 264 g/mol. The number of methoxy groups -OCH3 is 1. The number of aromatic hydroxyl groups is 1. The standard InChI is InChI=1S/C17H28N2O2/c1-13(2)19(11-14-5-4-8-18-10-14)12-15-6-7-16(21-3)9-17(15)20/h6-7,9,13-14,18,20H,4-5,8,10-12H2,1-3H3. The van der Waals surface area contributed by atoms with Crippen LogP contribution in [0.2, 0.25) is 0 Å². The van der Waals surface area contributed by atoms with Crippen LogP contribution in [0.15, 0.2) is 18.2 Å². The van der Waals surface area contributed by atoms with Crippen LogP contribution in [0.1, 0.15) is 32.3 Å². The zero-order valence-corrected chi connectivity index (χ0v) is 13.4. The van der Waals surface area contributed by atoms with Gasteiger partial charge in [0.1, 0.15) is 11.5 Å². The van der Waals surface area contributed by atoms with Crippen LogP contribution in [0.25, 0.3) is 0 Å². The van der Waals surface area contributed by atoms with Crippen LogP contribution in [0.4, 0.5) is 0 Å². The summed E-state index contributed by atoms with van der Waals surface area (Å²) in [6.45, 7) is 8.56. The number of hydrogen-bond acceptors (Lipinski definition) is 4. The molecule has 4 nitrogen and oxygen atoms in total. The van der Waals surface area contributed by atoms with Gasteiger partial charge in [-0.25, -0.2) is 0 Å². The average molecular weight is 292 g/mol. The van der Waals surface area contributed by atoms with Crippen molar-refractivity contribution in [2.24, 2.45) is 5.92 Å². The maximum absolute atomic E-state index is 10.1. The highest BCUT2D eigenvalue weighted by molar-refractivity contribution is 5.39. The minimum atomic E-state index is 0.321. The Morgan fingerprint density at radius 1 is 1.43 bits per heavy atom. The number of phenolic OH excluding ortho intramolecular Hbond substituents is 1. The van der Waals surface area contributed by atoms with Crippen LogP contribution >= 0.6 is 0 Å². The number of benzene rings is 1. The summed E-state index contributed by atoms with van der Waals surface area (Å²) in [5.74, 6) is 1.73. The monoisotopic (exact) mass is 292 g/mol. The molecule has 118 valence electrons. The summed E-state index contributed by atoms with van der Waals surface area (Å²) in [7, 11) is 1.62. The van der Waals surface area contributed by atoms with Gasteiger partial charge in [0, 0.05) is 30.8 Å². The van der Waals surface area contributed by atoms with E-state index in [0.717, 1.165) is 31.7 Å². The van der Waals surface area contributed by atoms with Crippen LogP contribution in [-0.2, 0) is 6.54 Å². The third-order valence-electron chi connectivity index (χ3n) is 4.29. The molecule has 0 aromatic heterocycles. The van der Waals surface area contributed by atoms with E-state index in [2.05, 4.69) is 24.1 Å². The van der Waals surface area contributed by atoms with E-state index < -0.39 is 0 Å². The molecule has 21 heavy (non-hydrogen) atoms. The molecule has 0 radical (unpaired) electrons. The summed E-state index contributed by atoms with van der Waals surface area (Å²) in [5.41, 5.74) is 0.966. The van der Waals surface area contributed by atoms with Crippen molar-refractivity contribution in [1.29, 1.82) is 0 Å². The summed E-state index contributed by atoms with van der Waals surface area (Å²) >= 11 is 0. The summed E-state index contributed by atoms with van der Waals surface area (Å²) in [5, 5.41) is 13.6. The first-order chi connectivity index (χ1) is 10.1. The molecule has 1 saturated heterocycles. The summed E-state index contributed by atoms with van der Waals surface area (Å²) in [6.07, 6.45) is 2.56. The predicted molar refractivity (Wildman–Crippen MR) is 85.8 cm³/mol. The molecule has 0 amide bonds. The van der Waals surface area contributed by atoms with Gasteiger partial charge in [0.15, 0.2) is 0 Å². The lowest BCUT2D eigenvalue weighted by molar-refractivity contribution is 0.162. The van der Waals surface area contributed by atoms with Gasteiger partial charge in [-0.1, -0.05) is 6.07 Å². The summed E-state index contributed by atoms with van der Waals surface area (Å²) in [4.78, 5) is 2.44. The van der Waals surface area contributed by atoms with Crippen molar-refractivity contribution in [3.8, 4) is 11.5 Å². The largest absolute Gasteiger partial charge is 0.507 e. The summed E-state index contributed by atoms with van der Waals surface area (Å²) < 4.78 is 5.14. The van der Waals surface area contributed by atoms with E-state index in [1.165, 1.54) is 12.8 Å². The third kappa shape index (κ3) is 4.61. The quantitative estimate of drug-likeness (QED) is 0.846. The Hall–Kier alpha value is -1.26. The second-order valence-electron chi connectivity index (χ2n) is 6.23. The van der Waals surface area contributed by atoms with Crippen molar-refractivity contribution in [3.63, 3.8) is 0 Å². The predicted octanol–water partition coefficient (Wildman–Crippen LogP) is 2.61. The molecule has 1 aromatic carbocycles. The van der Waals surface area contributed by atoms with E-state index in [1.807, 2.05) is 12.1 Å². The molecule has 1 fully saturated rings. The minimum Gasteiger partial charge on any atom is -0.507 e. The maximum atomic E-state index is 10.1. The minimum absolute atomic E-state index is 0.321. The van der Waals surface area contributed by atoms with Crippen LogP contribution in [0.5, 0.6) is 11.5 Å². The first-order valence-corrected chi connectivity index (χ1v) is 7.90. The number of piperidine rings is 1. The fourth-order valence-electron chi connectivity index (χ4n) is 2.89. The molecule has 1 aromatic rings. The molecule has 2 rings (SSSR count). The van der Waals surface area contributed by atoms with Crippen LogP contribution in [0.3, 0.4) is 0 Å². The number of nitrogens with zero attached hydrogens (tertiary/aromatic N) is 1. The van der Waals surface area contributed by atoms with Gasteiger partial charge in [-0.2, -0.15) is 0 Å². The Labute approximate surface area is 128 Å². The second kappa shape index (κ2) is 7.66. The maximum Gasteiger partial charge on any atom is 0.123 e. The van der Waals surface area contributed by atoms with Crippen LogP contribution < -0.4 is 10.1 Å². The van der Waals surface area contributed by atoms with E-state index in [-0.39, 0.29) is 0 Å². The van der Waals surface area contributed by atoms with Gasteiger partial charge in [0.05, 0.1) is 7.11 Å². The van der Waals surface area contributed by atoms with Gasteiger partial charge in [-0.05, 0) is 51.8 Å². The number of nitrogens with one attached hydrogen (secondary N) is 1. The zero-order chi connectivity index (χ0) is 15.2. The van der Waals surface area contributed by atoms with Crippen molar-refractivity contribution >= 4 is 0 Å². The Kier molecular flexibility index (Phi) is 5.88. The lowest BCUT2D eigenvalue weighted by Gasteiger charge is -2.33. The van der Waals surface area contributed by atoms with Crippen LogP contribution in [0, 0.1) is 5.92 Å². The van der Waals surface area contributed by atoms with Gasteiger partial charge in [-0.3, -0.25) is 4.90 Å². The molecule has 1 atom stereocenters. The third-order valence-corrected chi connectivity index (χ3v) is 4.29. The van der Waals surface area contributed by atoms with Gasteiger partial charge < -0.3 is 15.2 Å². The van der Waals surface area contributed by atoms with Crippen LogP contribution in [-0.4, -0.2) is 42.8 Å². The average Bonchev–Trinajstić information content (AvgIpc) is 2.49. The molecule has 1 aliphatic rings. The van der Waals surface area contributed by atoms with Crippen molar-refractivity contribution in [2.75, 3.05) is 26.7 Å². The highest BCUT2D eigenvalue weighted by Gasteiger charge is 2.20. The molecule has 4 heteroatoms. The van der Waals surface area contributed by atoms with Crippen molar-refractivity contribution in [1.82, 2.24) is 10.2 Å². The fraction of sp³-hybridized carbons (Fsp3) is 0.647. The lowest BCUT2D eigenvalue weighted by Crippen LogP contribution is -2.40. The highest BCUT2D eigenvalue weighted by atomic mass is 16.5. The first-order valence-electron chi connectivity index (χ1n) is 7.90. The molecular formula is C17H28N2O2. The lowest BCUT2D eigenvalue weighted by atomic mass is 9.98. The number of phenols is 1. The molecule has 0 bridgehead atoms. The van der Waals surface area contributed by atoms with Crippen molar-refractivity contribution in [2.45, 2.75) is 39.3 Å². The van der Waals surface area contributed by atoms with E-state index in [4.69, 9.17) is 4.74 Å². The molecule has 1 heterocycles. The Balaban J connectivity index is 2.01. The number of rotatable bonds is 6. The molecule has 0 spiro atoms. The van der Waals surface area contributed by atoms with E-state index in [1.54, 1.807) is 13.2 Å². The van der Waals surface area contributed by atoms with E-state index in [9.17, 15) is 5.11 Å². The second-order valence-corrected chi connectivity index (χ2v) is 6.23. The SMILES string of the molecule is COc1ccc(CN(CC2CCCNC2)C(C)C)c(O)c1. The van der Waals surface area contributed by atoms with Gasteiger partial charge in [0.25, 0.3) is 0 Å². The van der Waals surface area contributed by atoms with E-state index in [0.29, 0.717) is 23.5 Å². The molecule has 0 aliphatic carbocycles. The molecule has 1 unspecified atom stereocenters. The molecule has 0 saturated carbocycles. The number of ether oxygens (including phenoxy) is 1. The highest BCUT2D eigenvalue weighted by Crippen LogP contribution is 2.26. The fourth-order valence-corrected chi connectivity index (χ4v) is 2.89. The van der Waals surface area contributed by atoms with Gasteiger partial charge in [-0.15, -0.1) is 0 Å². The van der Waals surface area contributed by atoms with Gasteiger partial charge >= 0.3 is 0 Å². The van der Waals surface area contributed by atoms with E-state index >= 15 is 0 Å². The molecule has 1 aliphatic heterocycles. The van der Waals surface area contributed by atoms with Crippen molar-refractivity contribution in [3.05, 3.63) is 23.8 Å². The number of hydrogen-bond donors (Lipinski definition) is 2. The smallest absolute Gasteiger partial charge is 0.123 e. The zero-order valence-electron chi connectivity index (χ0n) is 13.4. The topological polar surface area (TPSA) is 44.7 Å². The molecule has 2 N–H and O–H groups in total. The Bertz CT molecular complexity index is 442. The van der Waals surface area contributed by atoms with Crippen molar-refractivity contribution < 1.29 is 9.84 Å². The van der Waals surface area contributed by atoms with Gasteiger partial charge in [0.2, 0.25) is 0 Å². The Morgan fingerprint density at radius 3 is 2.81 bits per heavy atom.